The van der Waals surface area contributed by atoms with Crippen LogP contribution in [-0.4, -0.2) is 35.4 Å². The third-order valence-electron chi connectivity index (χ3n) is 4.60. The van der Waals surface area contributed by atoms with Gasteiger partial charge in [0, 0.05) is 19.7 Å². The van der Waals surface area contributed by atoms with Crippen molar-refractivity contribution < 1.29 is 19.8 Å². The van der Waals surface area contributed by atoms with Gasteiger partial charge in [0.05, 0.1) is 5.56 Å². The van der Waals surface area contributed by atoms with Crippen LogP contribution >= 0.6 is 0 Å². The Morgan fingerprint density at radius 1 is 1.12 bits per heavy atom. The van der Waals surface area contributed by atoms with Crippen molar-refractivity contribution in [2.45, 2.75) is 38.6 Å². The number of carbonyl (C=O) groups is 2. The molecule has 1 unspecified atom stereocenters. The first-order valence-electron chi connectivity index (χ1n) is 8.53. The second-order valence-corrected chi connectivity index (χ2v) is 6.50. The van der Waals surface area contributed by atoms with Crippen LogP contribution in [0.5, 0.6) is 0 Å². The maximum absolute atomic E-state index is 11.9. The molecule has 1 atom stereocenters. The molecule has 0 radical (unpaired) electrons. The normalized spacial score (nSPS) is 15.9. The zero-order valence-corrected chi connectivity index (χ0v) is 13.8. The molecule has 0 bridgehead atoms. The summed E-state index contributed by atoms with van der Waals surface area (Å²) in [5.41, 5.74) is 1.06. The van der Waals surface area contributed by atoms with Gasteiger partial charge in [-0.15, -0.1) is 0 Å². The highest BCUT2D eigenvalue weighted by Gasteiger charge is 2.20. The number of hydrogen-bond acceptors (Lipinski definition) is 3. The average Bonchev–Trinajstić information content (AvgIpc) is 3.10. The zero-order valence-electron chi connectivity index (χ0n) is 13.8. The van der Waals surface area contributed by atoms with E-state index in [2.05, 4.69) is 10.6 Å². The Kier molecular flexibility index (Phi) is 7.06. The van der Waals surface area contributed by atoms with Gasteiger partial charge in [0.2, 0.25) is 0 Å². The molecule has 24 heavy (non-hydrogen) atoms. The van der Waals surface area contributed by atoms with E-state index in [1.165, 1.54) is 37.8 Å². The van der Waals surface area contributed by atoms with E-state index in [9.17, 15) is 14.7 Å². The summed E-state index contributed by atoms with van der Waals surface area (Å²) in [4.78, 5) is 22.6. The lowest BCUT2D eigenvalue weighted by Gasteiger charge is -2.19. The predicted octanol–water partition coefficient (Wildman–Crippen LogP) is 2.37. The van der Waals surface area contributed by atoms with Crippen LogP contribution in [0.25, 0.3) is 0 Å². The summed E-state index contributed by atoms with van der Waals surface area (Å²) < 4.78 is 0. The van der Waals surface area contributed by atoms with E-state index in [-0.39, 0.29) is 24.1 Å². The van der Waals surface area contributed by atoms with E-state index < -0.39 is 5.97 Å². The molecule has 0 saturated heterocycles. The number of carbonyl (C=O) groups excluding carboxylic acids is 1. The number of aromatic carboxylic acids is 1. The molecule has 1 fully saturated rings. The maximum atomic E-state index is 11.9. The van der Waals surface area contributed by atoms with Crippen LogP contribution < -0.4 is 10.6 Å². The number of carboxylic acids is 1. The summed E-state index contributed by atoms with van der Waals surface area (Å²) in [6.45, 7) is 0.891. The minimum absolute atomic E-state index is 0.0907. The van der Waals surface area contributed by atoms with Gasteiger partial charge in [-0.2, -0.15) is 0 Å². The maximum Gasteiger partial charge on any atom is 0.335 e. The van der Waals surface area contributed by atoms with Gasteiger partial charge >= 0.3 is 12.0 Å². The topological polar surface area (TPSA) is 98.7 Å². The molecule has 132 valence electrons. The Balaban J connectivity index is 1.69. The fourth-order valence-corrected chi connectivity index (χ4v) is 3.19. The van der Waals surface area contributed by atoms with E-state index in [1.807, 2.05) is 0 Å². The number of hydrogen-bond donors (Lipinski definition) is 4. The average molecular weight is 334 g/mol. The van der Waals surface area contributed by atoms with Crippen LogP contribution in [0.4, 0.5) is 4.79 Å². The minimum Gasteiger partial charge on any atom is -0.478 e. The molecule has 1 aliphatic rings. The predicted molar refractivity (Wildman–Crippen MR) is 90.8 cm³/mol. The molecule has 2 rings (SSSR count). The first kappa shape index (κ1) is 18.3. The summed E-state index contributed by atoms with van der Waals surface area (Å²) in [5.74, 6) is -0.182. The van der Waals surface area contributed by atoms with Crippen molar-refractivity contribution in [3.8, 4) is 0 Å². The highest BCUT2D eigenvalue weighted by molar-refractivity contribution is 5.87. The number of urea groups is 1. The Morgan fingerprint density at radius 2 is 1.79 bits per heavy atom. The molecule has 6 heteroatoms. The Bertz CT molecular complexity index is 538. The molecule has 1 aliphatic carbocycles. The van der Waals surface area contributed by atoms with Gasteiger partial charge < -0.3 is 20.8 Å². The van der Waals surface area contributed by atoms with Crippen LogP contribution in [0.2, 0.25) is 0 Å². The minimum atomic E-state index is -0.968. The number of amides is 2. The van der Waals surface area contributed by atoms with Gasteiger partial charge in [0.15, 0.2) is 0 Å². The first-order chi connectivity index (χ1) is 11.6. The van der Waals surface area contributed by atoms with Gasteiger partial charge in [-0.3, -0.25) is 0 Å². The van der Waals surface area contributed by atoms with Gasteiger partial charge in [0.1, 0.15) is 0 Å². The van der Waals surface area contributed by atoms with E-state index in [4.69, 9.17) is 5.11 Å². The molecule has 4 N–H and O–H groups in total. The fraction of sp³-hybridized carbons (Fsp3) is 0.556. The van der Waals surface area contributed by atoms with Crippen molar-refractivity contribution in [1.82, 2.24) is 10.6 Å². The highest BCUT2D eigenvalue weighted by atomic mass is 16.4. The third kappa shape index (κ3) is 5.85. The molecule has 1 saturated carbocycles. The molecule has 6 nitrogen and oxygen atoms in total. The third-order valence-corrected chi connectivity index (χ3v) is 4.60. The lowest BCUT2D eigenvalue weighted by molar-refractivity contribution is 0.0697. The summed E-state index contributed by atoms with van der Waals surface area (Å²) >= 11 is 0. The SMILES string of the molecule is O=C(NCc1ccc(C(=O)O)cc1)NCC(CO)CC1CCCC1. The summed E-state index contributed by atoms with van der Waals surface area (Å²) in [6.07, 6.45) is 5.98. The lowest BCUT2D eigenvalue weighted by atomic mass is 9.94. The van der Waals surface area contributed by atoms with Crippen molar-refractivity contribution in [3.05, 3.63) is 35.4 Å². The number of aliphatic hydroxyl groups is 1. The quantitative estimate of drug-likeness (QED) is 0.586. The fourth-order valence-electron chi connectivity index (χ4n) is 3.19. The molecule has 0 spiro atoms. The lowest BCUT2D eigenvalue weighted by Crippen LogP contribution is -2.39. The summed E-state index contributed by atoms with van der Waals surface area (Å²) in [7, 11) is 0. The smallest absolute Gasteiger partial charge is 0.335 e. The van der Waals surface area contributed by atoms with E-state index in [0.717, 1.165) is 12.0 Å². The van der Waals surface area contributed by atoms with Gasteiger partial charge in [-0.1, -0.05) is 37.8 Å². The van der Waals surface area contributed by atoms with Crippen LogP contribution in [-0.2, 0) is 6.54 Å². The number of nitrogens with one attached hydrogen (secondary N) is 2. The van der Waals surface area contributed by atoms with Gasteiger partial charge in [-0.05, 0) is 36.0 Å². The second kappa shape index (κ2) is 9.27. The molecule has 1 aromatic rings. The van der Waals surface area contributed by atoms with E-state index in [0.29, 0.717) is 19.0 Å². The molecule has 0 aromatic heterocycles. The van der Waals surface area contributed by atoms with E-state index in [1.54, 1.807) is 12.1 Å². The Labute approximate surface area is 142 Å². The van der Waals surface area contributed by atoms with Gasteiger partial charge in [0.25, 0.3) is 0 Å². The number of aliphatic hydroxyl groups excluding tert-OH is 1. The summed E-state index contributed by atoms with van der Waals surface area (Å²) in [6, 6.07) is 6.12. The Morgan fingerprint density at radius 3 is 2.38 bits per heavy atom. The van der Waals surface area contributed by atoms with Crippen LogP contribution in [0, 0.1) is 11.8 Å². The zero-order chi connectivity index (χ0) is 17.4. The second-order valence-electron chi connectivity index (χ2n) is 6.50. The molecule has 1 aromatic carbocycles. The molecular formula is C18H26N2O4. The first-order valence-corrected chi connectivity index (χ1v) is 8.53. The molecule has 0 heterocycles. The van der Waals surface area contributed by atoms with E-state index >= 15 is 0 Å². The van der Waals surface area contributed by atoms with Crippen molar-refractivity contribution in [1.29, 1.82) is 0 Å². The van der Waals surface area contributed by atoms with Crippen LogP contribution in [0.15, 0.2) is 24.3 Å². The largest absolute Gasteiger partial charge is 0.478 e. The molecule has 0 aliphatic heterocycles. The number of rotatable bonds is 8. The van der Waals surface area contributed by atoms with Crippen molar-refractivity contribution in [2.24, 2.45) is 11.8 Å². The van der Waals surface area contributed by atoms with Crippen molar-refractivity contribution in [2.75, 3.05) is 13.2 Å². The van der Waals surface area contributed by atoms with Gasteiger partial charge in [-0.25, -0.2) is 9.59 Å². The number of benzene rings is 1. The van der Waals surface area contributed by atoms with Crippen molar-refractivity contribution in [3.63, 3.8) is 0 Å². The van der Waals surface area contributed by atoms with Crippen LogP contribution in [0.3, 0.4) is 0 Å². The standard InChI is InChI=1S/C18H26N2O4/c21-12-15(9-13-3-1-2-4-13)11-20-18(24)19-10-14-5-7-16(8-6-14)17(22)23/h5-8,13,15,21H,1-4,9-12H2,(H,22,23)(H2,19,20,24). The Hall–Kier alpha value is -2.08. The summed E-state index contributed by atoms with van der Waals surface area (Å²) in [5, 5.41) is 23.8. The molecule has 2 amide bonds. The number of carboxylic acid groups (broad SMARTS) is 1. The van der Waals surface area contributed by atoms with Crippen molar-refractivity contribution >= 4 is 12.0 Å². The molecular weight excluding hydrogens is 308 g/mol. The van der Waals surface area contributed by atoms with Crippen LogP contribution in [0.1, 0.15) is 48.0 Å². The highest BCUT2D eigenvalue weighted by Crippen LogP contribution is 2.30. The monoisotopic (exact) mass is 334 g/mol.